The fraction of sp³-hybridized carbons (Fsp3) is 0.765. The Balaban J connectivity index is 1.78. The third kappa shape index (κ3) is 4.41. The Bertz CT molecular complexity index is 486. The summed E-state index contributed by atoms with van der Waals surface area (Å²) in [4.78, 5) is 26.9. The molecule has 0 spiro atoms. The molecule has 0 aromatic rings. The fourth-order valence-electron chi connectivity index (χ4n) is 3.15. The van der Waals surface area contributed by atoms with Crippen LogP contribution in [0.1, 0.15) is 33.6 Å². The third-order valence-electron chi connectivity index (χ3n) is 4.42. The number of hydrogen-bond donors (Lipinski definition) is 1. The molecule has 2 aliphatic heterocycles. The minimum atomic E-state index is -0.881. The topological polar surface area (TPSA) is 79.3 Å². The van der Waals surface area contributed by atoms with Crippen LogP contribution in [0.4, 0.5) is 9.59 Å². The summed E-state index contributed by atoms with van der Waals surface area (Å²) in [5.41, 5.74) is -1.42. The number of likely N-dealkylation sites (tertiary alicyclic amines) is 2. The lowest BCUT2D eigenvalue weighted by molar-refractivity contribution is -0.141. The van der Waals surface area contributed by atoms with Gasteiger partial charge in [0.25, 0.3) is 0 Å². The first-order valence-electron chi connectivity index (χ1n) is 8.37. The molecule has 0 aromatic heterocycles. The summed E-state index contributed by atoms with van der Waals surface area (Å²) < 4.78 is 10.3. The van der Waals surface area contributed by atoms with E-state index in [1.165, 1.54) is 11.0 Å². The average molecular weight is 340 g/mol. The molecule has 2 amide bonds. The molecule has 7 nitrogen and oxygen atoms in total. The summed E-state index contributed by atoms with van der Waals surface area (Å²) in [5, 5.41) is 10.7. The van der Waals surface area contributed by atoms with Gasteiger partial charge in [-0.05, 0) is 39.5 Å². The molecule has 0 atom stereocenters. The van der Waals surface area contributed by atoms with Gasteiger partial charge in [0.15, 0.2) is 0 Å². The van der Waals surface area contributed by atoms with Crippen LogP contribution in [0.15, 0.2) is 12.7 Å². The maximum atomic E-state index is 12.0. The molecule has 0 aliphatic carbocycles. The van der Waals surface area contributed by atoms with Crippen molar-refractivity contribution >= 4 is 12.2 Å². The van der Waals surface area contributed by atoms with Crippen molar-refractivity contribution in [1.29, 1.82) is 0 Å². The lowest BCUT2D eigenvalue weighted by Gasteiger charge is -2.52. The van der Waals surface area contributed by atoms with Gasteiger partial charge in [-0.1, -0.05) is 12.7 Å². The van der Waals surface area contributed by atoms with Crippen LogP contribution in [0.25, 0.3) is 0 Å². The second-order valence-electron chi connectivity index (χ2n) is 7.57. The molecule has 0 unspecified atom stereocenters. The van der Waals surface area contributed by atoms with E-state index in [-0.39, 0.29) is 31.7 Å². The van der Waals surface area contributed by atoms with Gasteiger partial charge in [-0.2, -0.15) is 0 Å². The van der Waals surface area contributed by atoms with Gasteiger partial charge in [0.05, 0.1) is 13.1 Å². The van der Waals surface area contributed by atoms with Gasteiger partial charge < -0.3 is 24.4 Å². The lowest BCUT2D eigenvalue weighted by Crippen LogP contribution is -2.68. The molecule has 24 heavy (non-hydrogen) atoms. The number of hydrogen-bond acceptors (Lipinski definition) is 5. The van der Waals surface area contributed by atoms with Crippen LogP contribution in [-0.2, 0) is 9.47 Å². The summed E-state index contributed by atoms with van der Waals surface area (Å²) in [6, 6.07) is 0. The molecule has 0 saturated carbocycles. The van der Waals surface area contributed by atoms with Gasteiger partial charge in [-0.3, -0.25) is 0 Å². The number of nitrogens with zero attached hydrogens (tertiary/aromatic N) is 2. The predicted octanol–water partition coefficient (Wildman–Crippen LogP) is 2.00. The molecule has 0 aromatic carbocycles. The van der Waals surface area contributed by atoms with Gasteiger partial charge in [0.1, 0.15) is 17.8 Å². The normalized spacial score (nSPS) is 21.0. The summed E-state index contributed by atoms with van der Waals surface area (Å²) in [6.07, 6.45) is 2.19. The van der Waals surface area contributed by atoms with Crippen LogP contribution in [0.5, 0.6) is 0 Å². The number of rotatable bonds is 3. The number of β-amino-alcohol motifs (C(OH)–C–C–N with tert-alkyl or cyclic N) is 1. The highest BCUT2D eigenvalue weighted by Crippen LogP contribution is 2.36. The Morgan fingerprint density at radius 2 is 1.79 bits per heavy atom. The van der Waals surface area contributed by atoms with Gasteiger partial charge in [0.2, 0.25) is 0 Å². The van der Waals surface area contributed by atoms with Crippen molar-refractivity contribution in [3.63, 3.8) is 0 Å². The number of ether oxygens (including phenoxy) is 2. The second kappa shape index (κ2) is 7.01. The maximum Gasteiger partial charge on any atom is 0.410 e. The van der Waals surface area contributed by atoms with E-state index in [9.17, 15) is 14.7 Å². The number of piperidine rings is 1. The molecule has 2 saturated heterocycles. The van der Waals surface area contributed by atoms with Crippen LogP contribution >= 0.6 is 0 Å². The molecular formula is C17H28N2O5. The standard InChI is InChI=1S/C17H28N2O5/c1-5-10-23-14(20)18-8-6-13(7-9-18)17(22)11-19(12-17)15(21)24-16(2,3)4/h5,13,22H,1,6-12H2,2-4H3. The average Bonchev–Trinajstić information content (AvgIpc) is 2.47. The molecule has 2 rings (SSSR count). The highest BCUT2D eigenvalue weighted by atomic mass is 16.6. The monoisotopic (exact) mass is 340 g/mol. The fourth-order valence-corrected chi connectivity index (χ4v) is 3.15. The smallest absolute Gasteiger partial charge is 0.410 e. The van der Waals surface area contributed by atoms with Gasteiger partial charge in [0, 0.05) is 13.1 Å². The van der Waals surface area contributed by atoms with Crippen LogP contribution in [0, 0.1) is 5.92 Å². The zero-order valence-electron chi connectivity index (χ0n) is 14.8. The van der Waals surface area contributed by atoms with Crippen molar-refractivity contribution in [2.24, 2.45) is 5.92 Å². The first kappa shape index (κ1) is 18.6. The number of aliphatic hydroxyl groups is 1. The van der Waals surface area contributed by atoms with E-state index in [1.54, 1.807) is 4.90 Å². The molecule has 2 heterocycles. The summed E-state index contributed by atoms with van der Waals surface area (Å²) >= 11 is 0. The molecule has 2 aliphatic rings. The Kier molecular flexibility index (Phi) is 5.42. The van der Waals surface area contributed by atoms with Crippen molar-refractivity contribution in [2.45, 2.75) is 44.8 Å². The minimum Gasteiger partial charge on any atom is -0.445 e. The van der Waals surface area contributed by atoms with E-state index in [1.807, 2.05) is 20.8 Å². The van der Waals surface area contributed by atoms with Crippen LogP contribution in [0.3, 0.4) is 0 Å². The summed E-state index contributed by atoms with van der Waals surface area (Å²) in [6.45, 7) is 10.8. The zero-order valence-corrected chi connectivity index (χ0v) is 14.8. The molecular weight excluding hydrogens is 312 g/mol. The van der Waals surface area contributed by atoms with Gasteiger partial charge in [-0.25, -0.2) is 9.59 Å². The van der Waals surface area contributed by atoms with E-state index >= 15 is 0 Å². The highest BCUT2D eigenvalue weighted by Gasteiger charge is 2.50. The number of carbonyl (C=O) groups is 2. The van der Waals surface area contributed by atoms with Crippen LogP contribution in [0.2, 0.25) is 0 Å². The summed E-state index contributed by atoms with van der Waals surface area (Å²) in [7, 11) is 0. The van der Waals surface area contributed by atoms with Crippen molar-refractivity contribution in [1.82, 2.24) is 9.80 Å². The highest BCUT2D eigenvalue weighted by molar-refractivity contribution is 5.70. The maximum absolute atomic E-state index is 12.0. The Hall–Kier alpha value is -1.76. The largest absolute Gasteiger partial charge is 0.445 e. The molecule has 136 valence electrons. The van der Waals surface area contributed by atoms with Gasteiger partial charge in [-0.15, -0.1) is 0 Å². The second-order valence-corrected chi connectivity index (χ2v) is 7.57. The Labute approximate surface area is 143 Å². The van der Waals surface area contributed by atoms with E-state index in [4.69, 9.17) is 9.47 Å². The molecule has 0 bridgehead atoms. The van der Waals surface area contributed by atoms with Gasteiger partial charge >= 0.3 is 12.2 Å². The van der Waals surface area contributed by atoms with Crippen molar-refractivity contribution in [3.8, 4) is 0 Å². The predicted molar refractivity (Wildman–Crippen MR) is 88.6 cm³/mol. The van der Waals surface area contributed by atoms with Crippen molar-refractivity contribution in [2.75, 3.05) is 32.8 Å². The quantitative estimate of drug-likeness (QED) is 0.795. The number of amides is 2. The minimum absolute atomic E-state index is 0.0691. The number of carbonyl (C=O) groups excluding carboxylic acids is 2. The van der Waals surface area contributed by atoms with E-state index in [2.05, 4.69) is 6.58 Å². The van der Waals surface area contributed by atoms with E-state index < -0.39 is 17.3 Å². The molecule has 1 N–H and O–H groups in total. The summed E-state index contributed by atoms with van der Waals surface area (Å²) in [5.74, 6) is 0.0691. The SMILES string of the molecule is C=CCOC(=O)N1CCC(C2(O)CN(C(=O)OC(C)(C)C)C2)CC1. The molecule has 2 fully saturated rings. The van der Waals surface area contributed by atoms with Crippen molar-refractivity contribution in [3.05, 3.63) is 12.7 Å². The first-order chi connectivity index (χ1) is 11.1. The van der Waals surface area contributed by atoms with Crippen LogP contribution in [-0.4, -0.2) is 71.1 Å². The zero-order chi connectivity index (χ0) is 18.0. The third-order valence-corrected chi connectivity index (χ3v) is 4.42. The van der Waals surface area contributed by atoms with E-state index in [0.29, 0.717) is 25.9 Å². The lowest BCUT2D eigenvalue weighted by atomic mass is 9.75. The Morgan fingerprint density at radius 3 is 2.29 bits per heavy atom. The van der Waals surface area contributed by atoms with E-state index in [0.717, 1.165) is 0 Å². The first-order valence-corrected chi connectivity index (χ1v) is 8.37. The molecule has 7 heteroatoms. The Morgan fingerprint density at radius 1 is 1.21 bits per heavy atom. The van der Waals surface area contributed by atoms with Crippen LogP contribution < -0.4 is 0 Å². The van der Waals surface area contributed by atoms with Crippen molar-refractivity contribution < 1.29 is 24.2 Å². The molecule has 0 radical (unpaired) electrons.